The molecule has 0 aromatic heterocycles. The van der Waals surface area contributed by atoms with Crippen molar-refractivity contribution in [2.24, 2.45) is 0 Å². The smallest absolute Gasteiger partial charge is 0.416 e. The van der Waals surface area contributed by atoms with Crippen molar-refractivity contribution in [1.82, 2.24) is 0 Å². The summed E-state index contributed by atoms with van der Waals surface area (Å²) in [6.07, 6.45) is -9.74. The molecule has 0 aliphatic heterocycles. The Hall–Kier alpha value is -8.18. The molecule has 6 N–H and O–H groups in total. The summed E-state index contributed by atoms with van der Waals surface area (Å²) in [7, 11) is 0. The van der Waals surface area contributed by atoms with Crippen LogP contribution in [0.5, 0.6) is 11.5 Å². The molecule has 0 saturated carbocycles. The van der Waals surface area contributed by atoms with Gasteiger partial charge in [-0.25, -0.2) is 31.9 Å². The highest BCUT2D eigenvalue weighted by atomic mass is 35.5. The number of ether oxygens (including phenoxy) is 2. The number of carbonyl (C=O) groups is 6. The molecule has 0 fully saturated rings. The van der Waals surface area contributed by atoms with Crippen LogP contribution in [0.4, 0.5) is 55.3 Å². The van der Waals surface area contributed by atoms with Gasteiger partial charge in [0.2, 0.25) is 0 Å². The molecule has 6 rings (SSSR count). The van der Waals surface area contributed by atoms with Crippen LogP contribution in [-0.2, 0) is 21.9 Å². The molecule has 6 aromatic carbocycles. The number of amides is 1. The zero-order valence-electron chi connectivity index (χ0n) is 36.9. The number of hydrogen-bond acceptors (Lipinski definition) is 9. The monoisotopic (exact) mass is 1070 g/mol. The van der Waals surface area contributed by atoms with Gasteiger partial charge in [-0.3, -0.25) is 14.4 Å². The van der Waals surface area contributed by atoms with Gasteiger partial charge in [-0.1, -0.05) is 23.2 Å². The lowest BCUT2D eigenvalue weighted by molar-refractivity contribution is -0.139. The van der Waals surface area contributed by atoms with Crippen LogP contribution in [0.3, 0.4) is 0 Å². The Kier molecular flexibility index (Phi) is 18.7. The normalized spacial score (nSPS) is 11.0. The number of carboxylic acids is 3. The van der Waals surface area contributed by atoms with Gasteiger partial charge in [0, 0.05) is 43.7 Å². The summed E-state index contributed by atoms with van der Waals surface area (Å²) in [6.45, 7) is 1.19. The first kappa shape index (κ1) is 57.4. The van der Waals surface area contributed by atoms with Gasteiger partial charge < -0.3 is 35.8 Å². The van der Waals surface area contributed by atoms with Crippen molar-refractivity contribution in [1.29, 1.82) is 0 Å². The van der Waals surface area contributed by atoms with E-state index in [1.165, 1.54) is 50.2 Å². The molecular weight excluding hydrogens is 1040 g/mol. The SMILES string of the molecule is Cc1c(N)ccc(C(=O)O)c1F.Cc1c(NC(=O)COc2ccc(Cl)cc2C(=O)c2cc(F)cc(C(F)(F)F)c2)ccc(C(=O)O)c1F.O=C(O)COc1ccc(Cl)cc1C(=O)c1cc(F)cc(C(F)(F)F)c1. The average Bonchev–Trinajstić information content (AvgIpc) is 3.30. The van der Waals surface area contributed by atoms with E-state index in [0.29, 0.717) is 24.3 Å². The lowest BCUT2D eigenvalue weighted by Crippen LogP contribution is -2.22. The molecular formula is C48H32Cl2F10N2O11. The van der Waals surface area contributed by atoms with Crippen LogP contribution in [0.1, 0.15) is 74.8 Å². The number of nitrogens with two attached hydrogens (primary N) is 1. The molecule has 0 aliphatic rings. The van der Waals surface area contributed by atoms with Crippen molar-refractivity contribution in [3.05, 3.63) is 186 Å². The van der Waals surface area contributed by atoms with E-state index in [1.807, 2.05) is 0 Å². The van der Waals surface area contributed by atoms with Gasteiger partial charge in [-0.05, 0) is 111 Å². The Morgan fingerprint density at radius 2 is 0.959 bits per heavy atom. The fraction of sp³-hybridized carbons (Fsp3) is 0.125. The zero-order valence-corrected chi connectivity index (χ0v) is 38.4. The summed E-state index contributed by atoms with van der Waals surface area (Å²) in [6, 6.07) is 14.6. The number of carboxylic acid groups (broad SMARTS) is 3. The van der Waals surface area contributed by atoms with E-state index >= 15 is 0 Å². The number of rotatable bonds is 13. The van der Waals surface area contributed by atoms with Crippen LogP contribution in [0.15, 0.2) is 97.1 Å². The maximum absolute atomic E-state index is 14.2. The Bertz CT molecular complexity index is 3150. The topological polar surface area (TPSA) is 220 Å². The molecule has 0 saturated heterocycles. The molecule has 0 atom stereocenters. The summed E-state index contributed by atoms with van der Waals surface area (Å²) >= 11 is 11.7. The fourth-order valence-corrected chi connectivity index (χ4v) is 6.35. The lowest BCUT2D eigenvalue weighted by Gasteiger charge is -2.14. The predicted molar refractivity (Wildman–Crippen MR) is 240 cm³/mol. The standard InChI is InChI=1S/C24H15ClF5NO5.C16H9ClF4O4.C8H8FNO2/c1-11-18(4-3-16(21(11)27)23(34)35)31-20(32)10-36-19-5-2-14(25)9-17(19)22(33)12-6-13(24(28,29)30)8-15(26)7-12;17-10-1-2-13(25-7-14(22)23)12(6-10)15(24)8-3-9(16(19,20)21)5-11(18)4-8;1-4-6(10)3-2-5(7(4)9)8(11)12/h2-9H,10H2,1H3,(H,31,32)(H,34,35);1-6H,7H2,(H,22,23);2-3H,10H2,1H3,(H,11,12). The number of carbonyl (C=O) groups excluding carboxylic acids is 3. The van der Waals surface area contributed by atoms with Crippen molar-refractivity contribution >= 4 is 70.0 Å². The van der Waals surface area contributed by atoms with Crippen molar-refractivity contribution in [3.8, 4) is 11.5 Å². The Labute approximate surface area is 414 Å². The van der Waals surface area contributed by atoms with E-state index in [-0.39, 0.29) is 72.9 Å². The molecule has 0 spiro atoms. The van der Waals surface area contributed by atoms with Crippen LogP contribution >= 0.6 is 23.2 Å². The average molecular weight is 1070 g/mol. The predicted octanol–water partition coefficient (Wildman–Crippen LogP) is 11.5. The number of halogens is 12. The van der Waals surface area contributed by atoms with E-state index in [2.05, 4.69) is 5.32 Å². The summed E-state index contributed by atoms with van der Waals surface area (Å²) in [5, 5.41) is 28.5. The van der Waals surface area contributed by atoms with E-state index in [4.69, 9.17) is 53.7 Å². The maximum atomic E-state index is 14.2. The molecule has 0 unspecified atom stereocenters. The third-order valence-electron chi connectivity index (χ3n) is 9.61. The number of nitrogens with one attached hydrogen (secondary N) is 1. The highest BCUT2D eigenvalue weighted by Gasteiger charge is 2.34. The van der Waals surface area contributed by atoms with Gasteiger partial charge in [0.15, 0.2) is 24.8 Å². The quantitative estimate of drug-likeness (QED) is 0.0414. The minimum atomic E-state index is -4.90. The van der Waals surface area contributed by atoms with Crippen LogP contribution < -0.4 is 20.5 Å². The third kappa shape index (κ3) is 15.4. The summed E-state index contributed by atoms with van der Waals surface area (Å²) in [5.41, 5.74) is 0.182. The van der Waals surface area contributed by atoms with Crippen molar-refractivity contribution in [3.63, 3.8) is 0 Å². The van der Waals surface area contributed by atoms with Crippen LogP contribution in [-0.4, -0.2) is 63.9 Å². The van der Waals surface area contributed by atoms with Gasteiger partial charge in [0.25, 0.3) is 5.91 Å². The van der Waals surface area contributed by atoms with Crippen LogP contribution in [0, 0.1) is 37.1 Å². The van der Waals surface area contributed by atoms with Crippen molar-refractivity contribution in [2.75, 3.05) is 24.3 Å². The van der Waals surface area contributed by atoms with Gasteiger partial charge in [0.05, 0.1) is 33.4 Å². The first-order valence-corrected chi connectivity index (χ1v) is 20.7. The number of aliphatic carboxylic acids is 1. The first-order chi connectivity index (χ1) is 33.9. The second kappa shape index (κ2) is 23.8. The minimum absolute atomic E-state index is 0.0206. The fourth-order valence-electron chi connectivity index (χ4n) is 6.01. The first-order valence-electron chi connectivity index (χ1n) is 19.9. The molecule has 0 heterocycles. The van der Waals surface area contributed by atoms with Gasteiger partial charge >= 0.3 is 30.3 Å². The maximum Gasteiger partial charge on any atom is 0.416 e. The molecule has 0 bridgehead atoms. The Morgan fingerprint density at radius 3 is 1.37 bits per heavy atom. The zero-order chi connectivity index (χ0) is 54.9. The van der Waals surface area contributed by atoms with E-state index in [1.54, 1.807) is 0 Å². The molecule has 6 aromatic rings. The number of ketones is 2. The van der Waals surface area contributed by atoms with Gasteiger partial charge in [-0.2, -0.15) is 26.3 Å². The van der Waals surface area contributed by atoms with E-state index in [9.17, 15) is 72.7 Å². The molecule has 0 aliphatic carbocycles. The van der Waals surface area contributed by atoms with Crippen LogP contribution in [0.25, 0.3) is 0 Å². The van der Waals surface area contributed by atoms with Crippen molar-refractivity contribution < 1.29 is 97.5 Å². The summed E-state index contributed by atoms with van der Waals surface area (Å²) in [5.74, 6) is -11.7. The number of alkyl halides is 6. The number of aromatic carboxylic acids is 2. The largest absolute Gasteiger partial charge is 0.483 e. The highest BCUT2D eigenvalue weighted by Crippen LogP contribution is 2.34. The van der Waals surface area contributed by atoms with Crippen molar-refractivity contribution in [2.45, 2.75) is 26.2 Å². The molecule has 73 heavy (non-hydrogen) atoms. The summed E-state index contributed by atoms with van der Waals surface area (Å²) < 4.78 is 142. The Morgan fingerprint density at radius 1 is 0.548 bits per heavy atom. The molecule has 25 heteroatoms. The van der Waals surface area contributed by atoms with Gasteiger partial charge in [-0.15, -0.1) is 0 Å². The number of hydrogen-bond donors (Lipinski definition) is 5. The Balaban J connectivity index is 0.000000268. The van der Waals surface area contributed by atoms with Crippen LogP contribution in [0.2, 0.25) is 10.0 Å². The molecule has 0 radical (unpaired) electrons. The number of nitrogen functional groups attached to an aromatic ring is 1. The van der Waals surface area contributed by atoms with E-state index in [0.717, 1.165) is 24.3 Å². The number of anilines is 2. The molecule has 1 amide bonds. The molecule has 384 valence electrons. The molecule has 13 nitrogen and oxygen atoms in total. The third-order valence-corrected chi connectivity index (χ3v) is 10.1. The number of benzene rings is 6. The van der Waals surface area contributed by atoms with E-state index < -0.39 is 112 Å². The highest BCUT2D eigenvalue weighted by molar-refractivity contribution is 6.31. The second-order valence-corrected chi connectivity index (χ2v) is 15.6. The minimum Gasteiger partial charge on any atom is -0.483 e. The second-order valence-electron chi connectivity index (χ2n) is 14.8. The van der Waals surface area contributed by atoms with Gasteiger partial charge in [0.1, 0.15) is 34.8 Å². The summed E-state index contributed by atoms with van der Waals surface area (Å²) in [4.78, 5) is 69.7. The lowest BCUT2D eigenvalue weighted by atomic mass is 10.00.